The summed E-state index contributed by atoms with van der Waals surface area (Å²) in [5, 5.41) is 3.43. The van der Waals surface area contributed by atoms with E-state index < -0.39 is 0 Å². The van der Waals surface area contributed by atoms with Crippen LogP contribution in [0.4, 0.5) is 0 Å². The summed E-state index contributed by atoms with van der Waals surface area (Å²) in [5.74, 6) is 0.824. The van der Waals surface area contributed by atoms with Crippen LogP contribution in [-0.4, -0.2) is 44.2 Å². The number of hydrogen-bond donors (Lipinski definition) is 1. The van der Waals surface area contributed by atoms with E-state index in [0.29, 0.717) is 13.1 Å². The van der Waals surface area contributed by atoms with Crippen molar-refractivity contribution in [1.82, 2.24) is 10.2 Å². The summed E-state index contributed by atoms with van der Waals surface area (Å²) in [5.41, 5.74) is 2.18. The van der Waals surface area contributed by atoms with Crippen molar-refractivity contribution in [3.05, 3.63) is 65.7 Å². The minimum atomic E-state index is -0.00368. The van der Waals surface area contributed by atoms with Crippen LogP contribution < -0.4 is 10.1 Å². The van der Waals surface area contributed by atoms with Gasteiger partial charge in [-0.15, -0.1) is 0 Å². The SMILES string of the molecule is COC(CNCc1ccccc1OCC(=O)N1CCCC1)c1ccccc1. The summed E-state index contributed by atoms with van der Waals surface area (Å²) in [7, 11) is 1.72. The number of likely N-dealkylation sites (tertiary alicyclic amines) is 1. The molecule has 0 bridgehead atoms. The summed E-state index contributed by atoms with van der Waals surface area (Å²) >= 11 is 0. The Hall–Kier alpha value is -2.37. The topological polar surface area (TPSA) is 50.8 Å². The molecule has 5 nitrogen and oxygen atoms in total. The molecule has 0 aromatic heterocycles. The highest BCUT2D eigenvalue weighted by Gasteiger charge is 2.18. The fourth-order valence-electron chi connectivity index (χ4n) is 3.33. The van der Waals surface area contributed by atoms with E-state index in [4.69, 9.17) is 9.47 Å². The van der Waals surface area contributed by atoms with E-state index in [9.17, 15) is 4.79 Å². The van der Waals surface area contributed by atoms with E-state index >= 15 is 0 Å². The van der Waals surface area contributed by atoms with Crippen LogP contribution in [0.15, 0.2) is 54.6 Å². The van der Waals surface area contributed by atoms with E-state index in [2.05, 4.69) is 17.4 Å². The van der Waals surface area contributed by atoms with Crippen molar-refractivity contribution in [3.8, 4) is 5.75 Å². The number of rotatable bonds is 9. The number of hydrogen-bond acceptors (Lipinski definition) is 4. The van der Waals surface area contributed by atoms with Crippen LogP contribution in [0.25, 0.3) is 0 Å². The molecule has 27 heavy (non-hydrogen) atoms. The highest BCUT2D eigenvalue weighted by Crippen LogP contribution is 2.20. The van der Waals surface area contributed by atoms with Crippen LogP contribution in [0.2, 0.25) is 0 Å². The maximum absolute atomic E-state index is 12.2. The fourth-order valence-corrected chi connectivity index (χ4v) is 3.33. The zero-order chi connectivity index (χ0) is 18.9. The Balaban J connectivity index is 1.52. The van der Waals surface area contributed by atoms with Crippen molar-refractivity contribution in [3.63, 3.8) is 0 Å². The third-order valence-electron chi connectivity index (χ3n) is 4.88. The molecule has 1 heterocycles. The molecule has 0 spiro atoms. The number of amides is 1. The molecular weight excluding hydrogens is 340 g/mol. The predicted octanol–water partition coefficient (Wildman–Crippen LogP) is 3.17. The van der Waals surface area contributed by atoms with Crippen molar-refractivity contribution >= 4 is 5.91 Å². The summed E-state index contributed by atoms with van der Waals surface area (Å²) in [6.45, 7) is 3.15. The van der Waals surface area contributed by atoms with Gasteiger partial charge in [-0.3, -0.25) is 4.79 Å². The Morgan fingerprint density at radius 1 is 1.07 bits per heavy atom. The lowest BCUT2D eigenvalue weighted by atomic mass is 10.1. The molecule has 2 aromatic rings. The number of nitrogens with zero attached hydrogens (tertiary/aromatic N) is 1. The van der Waals surface area contributed by atoms with E-state index in [0.717, 1.165) is 42.8 Å². The second kappa shape index (κ2) is 10.1. The number of nitrogens with one attached hydrogen (secondary N) is 1. The highest BCUT2D eigenvalue weighted by molar-refractivity contribution is 5.78. The third kappa shape index (κ3) is 5.55. The fraction of sp³-hybridized carbons (Fsp3) is 0.409. The molecule has 0 saturated carbocycles. The first-order chi connectivity index (χ1) is 13.3. The number of benzene rings is 2. The predicted molar refractivity (Wildman–Crippen MR) is 106 cm³/mol. The maximum atomic E-state index is 12.2. The molecule has 5 heteroatoms. The molecule has 1 aliphatic heterocycles. The monoisotopic (exact) mass is 368 g/mol. The minimum Gasteiger partial charge on any atom is -0.483 e. The molecule has 1 unspecified atom stereocenters. The molecule has 2 aromatic carbocycles. The van der Waals surface area contributed by atoms with Crippen LogP contribution in [-0.2, 0) is 16.1 Å². The molecular formula is C22H28N2O3. The van der Waals surface area contributed by atoms with Gasteiger partial charge >= 0.3 is 0 Å². The molecule has 1 N–H and O–H groups in total. The lowest BCUT2D eigenvalue weighted by molar-refractivity contribution is -0.132. The van der Waals surface area contributed by atoms with Crippen LogP contribution in [0, 0.1) is 0 Å². The average molecular weight is 368 g/mol. The Bertz CT molecular complexity index is 715. The van der Waals surface area contributed by atoms with Gasteiger partial charge in [-0.2, -0.15) is 0 Å². The normalized spacial score (nSPS) is 14.9. The van der Waals surface area contributed by atoms with Gasteiger partial charge < -0.3 is 19.7 Å². The quantitative estimate of drug-likeness (QED) is 0.739. The van der Waals surface area contributed by atoms with Crippen LogP contribution >= 0.6 is 0 Å². The summed E-state index contributed by atoms with van der Waals surface area (Å²) in [4.78, 5) is 14.1. The number of para-hydroxylation sites is 1. The van der Waals surface area contributed by atoms with Gasteiger partial charge in [-0.1, -0.05) is 48.5 Å². The maximum Gasteiger partial charge on any atom is 0.260 e. The van der Waals surface area contributed by atoms with Gasteiger partial charge in [0.05, 0.1) is 6.10 Å². The lowest BCUT2D eigenvalue weighted by Crippen LogP contribution is -2.32. The average Bonchev–Trinajstić information content (AvgIpc) is 3.26. The molecule has 1 atom stereocenters. The summed E-state index contributed by atoms with van der Waals surface area (Å²) < 4.78 is 11.4. The summed E-state index contributed by atoms with van der Waals surface area (Å²) in [6, 6.07) is 18.0. The number of carbonyl (C=O) groups is 1. The zero-order valence-corrected chi connectivity index (χ0v) is 15.9. The molecule has 1 aliphatic rings. The Morgan fingerprint density at radius 2 is 1.78 bits per heavy atom. The first kappa shape index (κ1) is 19.4. The van der Waals surface area contributed by atoms with Crippen molar-refractivity contribution in [2.45, 2.75) is 25.5 Å². The van der Waals surface area contributed by atoms with E-state index in [1.165, 1.54) is 0 Å². The standard InChI is InChI=1S/C22H28N2O3/c1-26-21(18-9-3-2-4-10-18)16-23-15-19-11-5-6-12-20(19)27-17-22(25)24-13-7-8-14-24/h2-6,9-12,21,23H,7-8,13-17H2,1H3. The molecule has 144 valence electrons. The Labute approximate surface area is 161 Å². The first-order valence-electron chi connectivity index (χ1n) is 9.55. The van der Waals surface area contributed by atoms with E-state index in [-0.39, 0.29) is 18.6 Å². The van der Waals surface area contributed by atoms with Gasteiger partial charge in [-0.25, -0.2) is 0 Å². The Morgan fingerprint density at radius 3 is 2.52 bits per heavy atom. The molecule has 0 aliphatic carbocycles. The Kier molecular flexibility index (Phi) is 7.25. The first-order valence-corrected chi connectivity index (χ1v) is 9.55. The van der Waals surface area contributed by atoms with Crippen molar-refractivity contribution in [1.29, 1.82) is 0 Å². The van der Waals surface area contributed by atoms with E-state index in [1.54, 1.807) is 7.11 Å². The molecule has 1 amide bonds. The van der Waals surface area contributed by atoms with Gasteiger partial charge in [-0.05, 0) is 24.5 Å². The van der Waals surface area contributed by atoms with Gasteiger partial charge in [0.1, 0.15) is 5.75 Å². The second-order valence-corrected chi connectivity index (χ2v) is 6.75. The smallest absolute Gasteiger partial charge is 0.260 e. The van der Waals surface area contributed by atoms with Gasteiger partial charge in [0.25, 0.3) is 5.91 Å². The molecule has 3 rings (SSSR count). The largest absolute Gasteiger partial charge is 0.483 e. The lowest BCUT2D eigenvalue weighted by Gasteiger charge is -2.18. The van der Waals surface area contributed by atoms with Crippen LogP contribution in [0.3, 0.4) is 0 Å². The zero-order valence-electron chi connectivity index (χ0n) is 15.9. The van der Waals surface area contributed by atoms with Crippen molar-refractivity contribution in [2.75, 3.05) is 33.4 Å². The van der Waals surface area contributed by atoms with Crippen LogP contribution in [0.5, 0.6) is 5.75 Å². The van der Waals surface area contributed by atoms with Crippen LogP contribution in [0.1, 0.15) is 30.1 Å². The van der Waals surface area contributed by atoms with E-state index in [1.807, 2.05) is 47.4 Å². The van der Waals surface area contributed by atoms with Crippen molar-refractivity contribution < 1.29 is 14.3 Å². The highest BCUT2D eigenvalue weighted by atomic mass is 16.5. The molecule has 1 fully saturated rings. The summed E-state index contributed by atoms with van der Waals surface area (Å²) in [6.07, 6.45) is 2.18. The van der Waals surface area contributed by atoms with Crippen molar-refractivity contribution in [2.24, 2.45) is 0 Å². The third-order valence-corrected chi connectivity index (χ3v) is 4.88. The van der Waals surface area contributed by atoms with Gasteiger partial charge in [0.15, 0.2) is 6.61 Å². The molecule has 0 radical (unpaired) electrons. The number of methoxy groups -OCH3 is 1. The minimum absolute atomic E-state index is 0.00368. The van der Waals surface area contributed by atoms with Gasteiger partial charge in [0, 0.05) is 38.9 Å². The van der Waals surface area contributed by atoms with Gasteiger partial charge in [0.2, 0.25) is 0 Å². The number of ether oxygens (including phenoxy) is 2. The second-order valence-electron chi connectivity index (χ2n) is 6.75. The number of carbonyl (C=O) groups excluding carboxylic acids is 1. The molecule has 1 saturated heterocycles.